The lowest BCUT2D eigenvalue weighted by Gasteiger charge is -2.31. The molecule has 1 atom stereocenters. The number of fused-ring (bicyclic) bond motifs is 1. The van der Waals surface area contributed by atoms with Gasteiger partial charge < -0.3 is 9.55 Å². The molecule has 2 aromatic heterocycles. The van der Waals surface area contributed by atoms with Gasteiger partial charge >= 0.3 is 0 Å². The molecule has 3 aromatic rings. The van der Waals surface area contributed by atoms with E-state index >= 15 is 0 Å². The van der Waals surface area contributed by atoms with Crippen LogP contribution in [0.15, 0.2) is 49.2 Å². The molecule has 1 aromatic carbocycles. The van der Waals surface area contributed by atoms with Crippen LogP contribution in [-0.4, -0.2) is 31.0 Å². The van der Waals surface area contributed by atoms with Gasteiger partial charge in [0.1, 0.15) is 0 Å². The zero-order valence-electron chi connectivity index (χ0n) is 13.3. The average Bonchev–Trinajstić information content (AvgIpc) is 3.24. The number of nitrogens with zero attached hydrogens (tertiary/aromatic N) is 4. The molecule has 0 fully saturated rings. The van der Waals surface area contributed by atoms with Gasteiger partial charge in [0, 0.05) is 38.3 Å². The molecule has 0 aliphatic carbocycles. The van der Waals surface area contributed by atoms with Crippen LogP contribution in [0.25, 0.3) is 0 Å². The molecule has 0 radical (unpaired) electrons. The molecular weight excluding hydrogens is 286 g/mol. The molecule has 0 saturated carbocycles. The summed E-state index contributed by atoms with van der Waals surface area (Å²) in [6.45, 7) is 5.84. The maximum absolute atomic E-state index is 4.57. The molecule has 5 heteroatoms. The van der Waals surface area contributed by atoms with Crippen molar-refractivity contribution in [2.75, 3.05) is 6.54 Å². The second-order valence-electron chi connectivity index (χ2n) is 6.09. The molecule has 0 saturated heterocycles. The standard InChI is InChI=1S/C18H21N5/c1-2-22-8-15(21-13-22)9-23-10-16(14-6-4-3-5-7-14)18-17(11-23)19-12-20-18/h3-8,12-13,16H,2,9-11H2,1H3,(H,19,20). The molecule has 0 bridgehead atoms. The third kappa shape index (κ3) is 2.80. The Kier molecular flexibility index (Phi) is 3.71. The van der Waals surface area contributed by atoms with E-state index in [0.29, 0.717) is 5.92 Å². The van der Waals surface area contributed by atoms with Crippen molar-refractivity contribution in [1.82, 2.24) is 24.4 Å². The highest BCUT2D eigenvalue weighted by molar-refractivity contribution is 5.33. The third-order valence-corrected chi connectivity index (χ3v) is 4.54. The number of aryl methyl sites for hydroxylation is 1. The Morgan fingerprint density at radius 1 is 1.22 bits per heavy atom. The number of aromatic amines is 1. The van der Waals surface area contributed by atoms with E-state index in [2.05, 4.69) is 67.9 Å². The SMILES string of the molecule is CCn1cnc(CN2Cc3[nH]cnc3C(c3ccccc3)C2)c1. The van der Waals surface area contributed by atoms with E-state index in [0.717, 1.165) is 31.9 Å². The molecule has 3 heterocycles. The highest BCUT2D eigenvalue weighted by Crippen LogP contribution is 2.31. The molecule has 0 spiro atoms. The Bertz CT molecular complexity index is 774. The van der Waals surface area contributed by atoms with Crippen molar-refractivity contribution in [3.63, 3.8) is 0 Å². The van der Waals surface area contributed by atoms with E-state index in [1.807, 2.05) is 12.7 Å². The maximum Gasteiger partial charge on any atom is 0.0949 e. The van der Waals surface area contributed by atoms with Crippen molar-refractivity contribution < 1.29 is 0 Å². The van der Waals surface area contributed by atoms with Gasteiger partial charge in [-0.05, 0) is 12.5 Å². The van der Waals surface area contributed by atoms with E-state index in [-0.39, 0.29) is 0 Å². The fraction of sp³-hybridized carbons (Fsp3) is 0.333. The zero-order valence-corrected chi connectivity index (χ0v) is 13.3. The second kappa shape index (κ2) is 6.01. The molecular formula is C18H21N5. The van der Waals surface area contributed by atoms with Gasteiger partial charge in [-0.25, -0.2) is 9.97 Å². The summed E-state index contributed by atoms with van der Waals surface area (Å²) in [4.78, 5) is 14.8. The van der Waals surface area contributed by atoms with Gasteiger partial charge in [0.05, 0.1) is 29.7 Å². The zero-order chi connectivity index (χ0) is 15.6. The van der Waals surface area contributed by atoms with E-state index < -0.39 is 0 Å². The largest absolute Gasteiger partial charge is 0.347 e. The highest BCUT2D eigenvalue weighted by atomic mass is 15.2. The van der Waals surface area contributed by atoms with Crippen LogP contribution in [0.4, 0.5) is 0 Å². The monoisotopic (exact) mass is 307 g/mol. The molecule has 1 N–H and O–H groups in total. The summed E-state index contributed by atoms with van der Waals surface area (Å²) < 4.78 is 2.12. The number of nitrogens with one attached hydrogen (secondary N) is 1. The smallest absolute Gasteiger partial charge is 0.0949 e. The minimum absolute atomic E-state index is 0.319. The van der Waals surface area contributed by atoms with Crippen LogP contribution in [0, 0.1) is 0 Å². The Morgan fingerprint density at radius 3 is 2.87 bits per heavy atom. The second-order valence-corrected chi connectivity index (χ2v) is 6.09. The summed E-state index contributed by atoms with van der Waals surface area (Å²) in [6.07, 6.45) is 5.87. The first-order valence-electron chi connectivity index (χ1n) is 8.13. The Labute approximate surface area is 136 Å². The van der Waals surface area contributed by atoms with Crippen LogP contribution >= 0.6 is 0 Å². The number of rotatable bonds is 4. The summed E-state index contributed by atoms with van der Waals surface area (Å²) in [5.41, 5.74) is 4.86. The molecule has 1 aliphatic heterocycles. The van der Waals surface area contributed by atoms with Crippen LogP contribution in [0.1, 0.15) is 35.5 Å². The van der Waals surface area contributed by atoms with Crippen LogP contribution in [0.2, 0.25) is 0 Å². The summed E-state index contributed by atoms with van der Waals surface area (Å²) in [5, 5.41) is 0. The van der Waals surface area contributed by atoms with Crippen molar-refractivity contribution >= 4 is 0 Å². The van der Waals surface area contributed by atoms with Gasteiger partial charge in [-0.15, -0.1) is 0 Å². The van der Waals surface area contributed by atoms with Crippen LogP contribution in [-0.2, 0) is 19.6 Å². The number of benzene rings is 1. The average molecular weight is 307 g/mol. The molecule has 4 rings (SSSR count). The van der Waals surface area contributed by atoms with Gasteiger partial charge in [-0.3, -0.25) is 4.90 Å². The quantitative estimate of drug-likeness (QED) is 0.806. The summed E-state index contributed by atoms with van der Waals surface area (Å²) >= 11 is 0. The topological polar surface area (TPSA) is 49.7 Å². The van der Waals surface area contributed by atoms with Gasteiger partial charge in [0.15, 0.2) is 0 Å². The van der Waals surface area contributed by atoms with Crippen molar-refractivity contribution in [2.24, 2.45) is 0 Å². The number of hydrogen-bond acceptors (Lipinski definition) is 3. The lowest BCUT2D eigenvalue weighted by molar-refractivity contribution is 0.225. The molecule has 118 valence electrons. The van der Waals surface area contributed by atoms with Crippen molar-refractivity contribution in [1.29, 1.82) is 0 Å². The lowest BCUT2D eigenvalue weighted by Crippen LogP contribution is -2.34. The normalized spacial score (nSPS) is 18.0. The number of H-pyrrole nitrogens is 1. The number of imidazole rings is 2. The van der Waals surface area contributed by atoms with Crippen LogP contribution in [0.5, 0.6) is 0 Å². The third-order valence-electron chi connectivity index (χ3n) is 4.54. The Morgan fingerprint density at radius 2 is 2.09 bits per heavy atom. The van der Waals surface area contributed by atoms with Gasteiger partial charge in [0.25, 0.3) is 0 Å². The lowest BCUT2D eigenvalue weighted by atomic mass is 9.91. The fourth-order valence-corrected chi connectivity index (χ4v) is 3.35. The first kappa shape index (κ1) is 14.2. The van der Waals surface area contributed by atoms with Crippen molar-refractivity contribution in [3.8, 4) is 0 Å². The molecule has 1 aliphatic rings. The van der Waals surface area contributed by atoms with Crippen LogP contribution in [0.3, 0.4) is 0 Å². The van der Waals surface area contributed by atoms with E-state index in [9.17, 15) is 0 Å². The van der Waals surface area contributed by atoms with Gasteiger partial charge in [-0.1, -0.05) is 30.3 Å². The van der Waals surface area contributed by atoms with Gasteiger partial charge in [0.2, 0.25) is 0 Å². The van der Waals surface area contributed by atoms with E-state index in [1.165, 1.54) is 17.0 Å². The number of aromatic nitrogens is 4. The van der Waals surface area contributed by atoms with E-state index in [4.69, 9.17) is 0 Å². The molecule has 23 heavy (non-hydrogen) atoms. The first-order valence-corrected chi connectivity index (χ1v) is 8.13. The summed E-state index contributed by atoms with van der Waals surface area (Å²) in [7, 11) is 0. The number of hydrogen-bond donors (Lipinski definition) is 1. The Hall–Kier alpha value is -2.40. The van der Waals surface area contributed by atoms with Crippen molar-refractivity contribution in [3.05, 3.63) is 71.8 Å². The molecule has 5 nitrogen and oxygen atoms in total. The van der Waals surface area contributed by atoms with Gasteiger partial charge in [-0.2, -0.15) is 0 Å². The Balaban J connectivity index is 1.59. The minimum Gasteiger partial charge on any atom is -0.347 e. The molecule has 1 unspecified atom stereocenters. The van der Waals surface area contributed by atoms with Crippen LogP contribution < -0.4 is 0 Å². The summed E-state index contributed by atoms with van der Waals surface area (Å²) in [6, 6.07) is 10.6. The predicted molar refractivity (Wildman–Crippen MR) is 88.9 cm³/mol. The van der Waals surface area contributed by atoms with E-state index in [1.54, 1.807) is 0 Å². The van der Waals surface area contributed by atoms with Crippen molar-refractivity contribution in [2.45, 2.75) is 32.5 Å². The highest BCUT2D eigenvalue weighted by Gasteiger charge is 2.29. The predicted octanol–water partition coefficient (Wildman–Crippen LogP) is 2.77. The minimum atomic E-state index is 0.319. The molecule has 0 amide bonds. The maximum atomic E-state index is 4.57. The summed E-state index contributed by atoms with van der Waals surface area (Å²) in [5.74, 6) is 0.319. The fourth-order valence-electron chi connectivity index (χ4n) is 3.35. The first-order chi connectivity index (χ1) is 11.3.